The fourth-order valence-corrected chi connectivity index (χ4v) is 1.69. The number of benzene rings is 1. The lowest BCUT2D eigenvalue weighted by molar-refractivity contribution is 0.232. The van der Waals surface area contributed by atoms with E-state index in [9.17, 15) is 4.79 Å². The standard InChI is InChI=1S/C10H10Cl3NO/c1-14(10(13)15)5-4-7-2-3-8(11)6-9(7)12/h2-3,6H,4-5H2,1H3. The van der Waals surface area contributed by atoms with E-state index in [1.165, 1.54) is 4.90 Å². The van der Waals surface area contributed by atoms with Crippen molar-refractivity contribution in [1.29, 1.82) is 0 Å². The van der Waals surface area contributed by atoms with Gasteiger partial charge in [-0.15, -0.1) is 0 Å². The number of hydrogen-bond donors (Lipinski definition) is 0. The molecule has 0 saturated carbocycles. The van der Waals surface area contributed by atoms with Crippen molar-refractivity contribution in [2.45, 2.75) is 6.42 Å². The number of nitrogens with zero attached hydrogens (tertiary/aromatic N) is 1. The third-order valence-corrected chi connectivity index (χ3v) is 2.91. The molecule has 0 saturated heterocycles. The fraction of sp³-hybridized carbons (Fsp3) is 0.300. The lowest BCUT2D eigenvalue weighted by atomic mass is 10.1. The average Bonchev–Trinajstić information content (AvgIpc) is 2.15. The summed E-state index contributed by atoms with van der Waals surface area (Å²) in [6, 6.07) is 5.30. The quantitative estimate of drug-likeness (QED) is 0.601. The van der Waals surface area contributed by atoms with Crippen LogP contribution in [0.5, 0.6) is 0 Å². The summed E-state index contributed by atoms with van der Waals surface area (Å²) in [7, 11) is 1.64. The van der Waals surface area contributed by atoms with Gasteiger partial charge >= 0.3 is 5.37 Å². The summed E-state index contributed by atoms with van der Waals surface area (Å²) in [5.74, 6) is 0. The second-order valence-corrected chi connectivity index (χ2v) is 4.33. The van der Waals surface area contributed by atoms with Crippen molar-refractivity contribution in [3.8, 4) is 0 Å². The monoisotopic (exact) mass is 265 g/mol. The van der Waals surface area contributed by atoms with Crippen molar-refractivity contribution < 1.29 is 4.79 Å². The molecule has 0 N–H and O–H groups in total. The molecule has 82 valence electrons. The molecule has 0 atom stereocenters. The van der Waals surface area contributed by atoms with Crippen molar-refractivity contribution in [2.24, 2.45) is 0 Å². The Hall–Kier alpha value is -0.440. The molecule has 5 heteroatoms. The van der Waals surface area contributed by atoms with Crippen LogP contribution in [0, 0.1) is 0 Å². The van der Waals surface area contributed by atoms with Crippen LogP contribution in [0.3, 0.4) is 0 Å². The summed E-state index contributed by atoms with van der Waals surface area (Å²) in [6.07, 6.45) is 0.658. The van der Waals surface area contributed by atoms with Gasteiger partial charge in [-0.1, -0.05) is 29.3 Å². The number of halogens is 3. The van der Waals surface area contributed by atoms with Crippen LogP contribution < -0.4 is 0 Å². The van der Waals surface area contributed by atoms with Gasteiger partial charge in [0.25, 0.3) is 0 Å². The zero-order valence-electron chi connectivity index (χ0n) is 8.14. The summed E-state index contributed by atoms with van der Waals surface area (Å²) in [5, 5.41) is 0.739. The Labute approximate surface area is 104 Å². The number of likely N-dealkylation sites (N-methyl/N-ethyl adjacent to an activating group) is 1. The van der Waals surface area contributed by atoms with Crippen LogP contribution in [0.25, 0.3) is 0 Å². The number of carbonyl (C=O) groups excluding carboxylic acids is 1. The van der Waals surface area contributed by atoms with Gasteiger partial charge in [-0.05, 0) is 35.7 Å². The molecule has 2 nitrogen and oxygen atoms in total. The topological polar surface area (TPSA) is 20.3 Å². The second-order valence-electron chi connectivity index (χ2n) is 3.16. The van der Waals surface area contributed by atoms with Gasteiger partial charge in [0.1, 0.15) is 0 Å². The van der Waals surface area contributed by atoms with Crippen LogP contribution in [0.2, 0.25) is 10.0 Å². The van der Waals surface area contributed by atoms with Crippen molar-refractivity contribution >= 4 is 40.2 Å². The highest BCUT2D eigenvalue weighted by atomic mass is 35.5. The molecular formula is C10H10Cl3NO. The van der Waals surface area contributed by atoms with E-state index in [-0.39, 0.29) is 0 Å². The Kier molecular flexibility index (Phi) is 4.71. The maximum atomic E-state index is 10.7. The van der Waals surface area contributed by atoms with Gasteiger partial charge < -0.3 is 4.90 Å². The summed E-state index contributed by atoms with van der Waals surface area (Å²) in [4.78, 5) is 12.2. The summed E-state index contributed by atoms with van der Waals surface area (Å²) in [5.41, 5.74) is 0.950. The summed E-state index contributed by atoms with van der Waals surface area (Å²) < 4.78 is 0. The Bertz CT molecular complexity index is 368. The number of rotatable bonds is 3. The molecule has 0 aliphatic heterocycles. The molecule has 0 radical (unpaired) electrons. The van der Waals surface area contributed by atoms with E-state index in [4.69, 9.17) is 34.8 Å². The normalized spacial score (nSPS) is 10.1. The SMILES string of the molecule is CN(CCc1ccc(Cl)cc1Cl)C(=O)Cl. The zero-order chi connectivity index (χ0) is 11.4. The maximum Gasteiger partial charge on any atom is 0.316 e. The minimum Gasteiger partial charge on any atom is -0.332 e. The average molecular weight is 267 g/mol. The number of amides is 1. The predicted octanol–water partition coefficient (Wildman–Crippen LogP) is 3.83. The van der Waals surface area contributed by atoms with E-state index in [1.807, 2.05) is 6.07 Å². The van der Waals surface area contributed by atoms with Crippen LogP contribution in [0.15, 0.2) is 18.2 Å². The fourth-order valence-electron chi connectivity index (χ4n) is 1.10. The molecule has 0 aromatic heterocycles. The van der Waals surface area contributed by atoms with Crippen molar-refractivity contribution in [1.82, 2.24) is 4.90 Å². The Balaban J connectivity index is 2.62. The molecule has 1 rings (SSSR count). The molecule has 0 bridgehead atoms. The molecule has 0 spiro atoms. The van der Waals surface area contributed by atoms with Crippen molar-refractivity contribution in [2.75, 3.05) is 13.6 Å². The molecule has 1 aromatic carbocycles. The van der Waals surface area contributed by atoms with E-state index in [1.54, 1.807) is 19.2 Å². The van der Waals surface area contributed by atoms with Crippen LogP contribution in [0.4, 0.5) is 4.79 Å². The maximum absolute atomic E-state index is 10.7. The third-order valence-electron chi connectivity index (χ3n) is 2.03. The van der Waals surface area contributed by atoms with Crippen LogP contribution in [0.1, 0.15) is 5.56 Å². The molecule has 0 heterocycles. The van der Waals surface area contributed by atoms with Gasteiger partial charge in [0.05, 0.1) is 0 Å². The van der Waals surface area contributed by atoms with E-state index in [0.717, 1.165) is 5.56 Å². The minimum atomic E-state index is -0.472. The van der Waals surface area contributed by atoms with Gasteiger partial charge in [-0.25, -0.2) is 0 Å². The first-order valence-electron chi connectivity index (χ1n) is 4.35. The first-order valence-corrected chi connectivity index (χ1v) is 5.48. The largest absolute Gasteiger partial charge is 0.332 e. The molecular weight excluding hydrogens is 256 g/mol. The molecule has 1 aromatic rings. The van der Waals surface area contributed by atoms with Crippen LogP contribution in [-0.4, -0.2) is 23.9 Å². The summed E-state index contributed by atoms with van der Waals surface area (Å²) >= 11 is 17.0. The Morgan fingerprint density at radius 2 is 2.07 bits per heavy atom. The predicted molar refractivity (Wildman–Crippen MR) is 64.0 cm³/mol. The first-order chi connectivity index (χ1) is 7.00. The van der Waals surface area contributed by atoms with E-state index in [2.05, 4.69) is 0 Å². The van der Waals surface area contributed by atoms with E-state index < -0.39 is 5.37 Å². The smallest absolute Gasteiger partial charge is 0.316 e. The molecule has 1 amide bonds. The second kappa shape index (κ2) is 5.59. The zero-order valence-corrected chi connectivity index (χ0v) is 10.4. The third kappa shape index (κ3) is 3.90. The van der Waals surface area contributed by atoms with E-state index >= 15 is 0 Å². The molecule has 0 unspecified atom stereocenters. The molecule has 0 aliphatic rings. The summed E-state index contributed by atoms with van der Waals surface area (Å²) in [6.45, 7) is 0.531. The van der Waals surface area contributed by atoms with Gasteiger partial charge in [0.2, 0.25) is 0 Å². The number of hydrogen-bond acceptors (Lipinski definition) is 1. The Morgan fingerprint density at radius 1 is 1.40 bits per heavy atom. The molecule has 0 aliphatic carbocycles. The van der Waals surface area contributed by atoms with E-state index in [0.29, 0.717) is 23.0 Å². The van der Waals surface area contributed by atoms with Crippen LogP contribution in [-0.2, 0) is 6.42 Å². The highest BCUT2D eigenvalue weighted by Crippen LogP contribution is 2.21. The highest BCUT2D eigenvalue weighted by Gasteiger charge is 2.06. The van der Waals surface area contributed by atoms with Gasteiger partial charge in [0, 0.05) is 23.6 Å². The molecule has 0 fully saturated rings. The van der Waals surface area contributed by atoms with Crippen LogP contribution >= 0.6 is 34.8 Å². The number of carbonyl (C=O) groups is 1. The highest BCUT2D eigenvalue weighted by molar-refractivity contribution is 6.62. The first kappa shape index (κ1) is 12.6. The van der Waals surface area contributed by atoms with Crippen molar-refractivity contribution in [3.05, 3.63) is 33.8 Å². The minimum absolute atomic E-state index is 0.472. The lowest BCUT2D eigenvalue weighted by Crippen LogP contribution is -2.23. The van der Waals surface area contributed by atoms with Gasteiger partial charge in [0.15, 0.2) is 0 Å². The molecule has 15 heavy (non-hydrogen) atoms. The van der Waals surface area contributed by atoms with Gasteiger partial charge in [-0.3, -0.25) is 4.79 Å². The van der Waals surface area contributed by atoms with Crippen molar-refractivity contribution in [3.63, 3.8) is 0 Å². The van der Waals surface area contributed by atoms with Gasteiger partial charge in [-0.2, -0.15) is 0 Å². The lowest BCUT2D eigenvalue weighted by Gasteiger charge is -2.13. The Morgan fingerprint density at radius 3 is 2.60 bits per heavy atom.